The molecule has 2 N–H and O–H groups in total. The summed E-state index contributed by atoms with van der Waals surface area (Å²) >= 11 is 0. The van der Waals surface area contributed by atoms with E-state index >= 15 is 0 Å². The Kier molecular flexibility index (Phi) is 2.44. The maximum atomic E-state index is 5.79. The Balaban J connectivity index is 2.14. The Morgan fingerprint density at radius 2 is 2.18 bits per heavy atom. The maximum Gasteiger partial charge on any atom is 0.131 e. The molecule has 2 heterocycles. The van der Waals surface area contributed by atoms with Crippen LogP contribution in [0, 0.1) is 0 Å². The molecule has 17 heavy (non-hydrogen) atoms. The lowest BCUT2D eigenvalue weighted by molar-refractivity contribution is 0.289. The van der Waals surface area contributed by atoms with Gasteiger partial charge in [-0.1, -0.05) is 12.1 Å². The van der Waals surface area contributed by atoms with Crippen LogP contribution in [0.1, 0.15) is 12.0 Å². The first kappa shape index (κ1) is 10.1. The predicted molar refractivity (Wildman–Crippen MR) is 67.9 cm³/mol. The fraction of sp³-hybridized carbons (Fsp3) is 0.214. The molecule has 3 heteroatoms. The zero-order chi connectivity index (χ0) is 11.7. The second-order valence-electron chi connectivity index (χ2n) is 4.22. The smallest absolute Gasteiger partial charge is 0.131 e. The maximum absolute atomic E-state index is 5.79. The summed E-state index contributed by atoms with van der Waals surface area (Å²) < 4.78 is 5.77. The van der Waals surface area contributed by atoms with E-state index in [-0.39, 0.29) is 0 Å². The lowest BCUT2D eigenvalue weighted by Gasteiger charge is -2.20. The summed E-state index contributed by atoms with van der Waals surface area (Å²) in [6.45, 7) is 0.784. The summed E-state index contributed by atoms with van der Waals surface area (Å²) in [6, 6.07) is 9.87. The van der Waals surface area contributed by atoms with Gasteiger partial charge in [0, 0.05) is 17.4 Å². The van der Waals surface area contributed by atoms with Gasteiger partial charge in [0.2, 0.25) is 0 Å². The van der Waals surface area contributed by atoms with Gasteiger partial charge in [-0.3, -0.25) is 4.98 Å². The predicted octanol–water partition coefficient (Wildman–Crippen LogP) is 2.66. The van der Waals surface area contributed by atoms with Crippen LogP contribution in [0.15, 0.2) is 36.5 Å². The number of hydrogen-bond donors (Lipinski definition) is 1. The highest BCUT2D eigenvalue weighted by Crippen LogP contribution is 2.35. The van der Waals surface area contributed by atoms with Gasteiger partial charge in [0.1, 0.15) is 5.75 Å². The van der Waals surface area contributed by atoms with E-state index in [0.29, 0.717) is 0 Å². The molecule has 0 atom stereocenters. The Hall–Kier alpha value is -2.03. The number of para-hydroxylation sites is 1. The van der Waals surface area contributed by atoms with Crippen molar-refractivity contribution in [2.24, 2.45) is 0 Å². The van der Waals surface area contributed by atoms with Crippen molar-refractivity contribution in [1.29, 1.82) is 0 Å². The van der Waals surface area contributed by atoms with Gasteiger partial charge in [0.15, 0.2) is 0 Å². The summed E-state index contributed by atoms with van der Waals surface area (Å²) in [5, 5.41) is 0. The molecule has 0 unspecified atom stereocenters. The topological polar surface area (TPSA) is 48.1 Å². The minimum atomic E-state index is 0.725. The molecule has 2 aromatic rings. The summed E-state index contributed by atoms with van der Waals surface area (Å²) in [4.78, 5) is 4.36. The molecule has 3 nitrogen and oxygen atoms in total. The standard InChI is InChI=1S/C14H14N2O/c15-11-6-7-16-13(9-11)12-5-1-3-10-4-2-8-17-14(10)12/h1,3,5-7,9H,2,4,8H2,(H2,15,16). The number of ether oxygens (including phenoxy) is 1. The molecule has 0 fully saturated rings. The average Bonchev–Trinajstić information content (AvgIpc) is 2.38. The quantitative estimate of drug-likeness (QED) is 0.813. The highest BCUT2D eigenvalue weighted by Gasteiger charge is 2.15. The number of hydrogen-bond acceptors (Lipinski definition) is 3. The molecule has 0 saturated heterocycles. The largest absolute Gasteiger partial charge is 0.493 e. The monoisotopic (exact) mass is 226 g/mol. The highest BCUT2D eigenvalue weighted by atomic mass is 16.5. The fourth-order valence-corrected chi connectivity index (χ4v) is 2.18. The number of aryl methyl sites for hydroxylation is 1. The van der Waals surface area contributed by atoms with Crippen molar-refractivity contribution in [3.8, 4) is 17.0 Å². The minimum Gasteiger partial charge on any atom is -0.493 e. The summed E-state index contributed by atoms with van der Waals surface area (Å²) in [7, 11) is 0. The molecule has 1 aliphatic rings. The lowest BCUT2D eigenvalue weighted by Crippen LogP contribution is -2.09. The third-order valence-corrected chi connectivity index (χ3v) is 2.99. The van der Waals surface area contributed by atoms with Crippen molar-refractivity contribution >= 4 is 5.69 Å². The molecule has 1 aromatic carbocycles. The number of pyridine rings is 1. The van der Waals surface area contributed by atoms with Crippen LogP contribution >= 0.6 is 0 Å². The number of aromatic nitrogens is 1. The van der Waals surface area contributed by atoms with Gasteiger partial charge in [0.25, 0.3) is 0 Å². The van der Waals surface area contributed by atoms with Gasteiger partial charge < -0.3 is 10.5 Å². The molecule has 1 aromatic heterocycles. The second kappa shape index (κ2) is 4.09. The summed E-state index contributed by atoms with van der Waals surface area (Å²) in [5.41, 5.74) is 9.69. The van der Waals surface area contributed by atoms with E-state index in [1.54, 1.807) is 12.3 Å². The Bertz CT molecular complexity index is 552. The molecule has 86 valence electrons. The SMILES string of the molecule is Nc1ccnc(-c2cccc3c2OCCC3)c1. The third kappa shape index (κ3) is 1.84. The van der Waals surface area contributed by atoms with Crippen molar-refractivity contribution in [3.05, 3.63) is 42.1 Å². The van der Waals surface area contributed by atoms with E-state index in [2.05, 4.69) is 11.1 Å². The van der Waals surface area contributed by atoms with Gasteiger partial charge in [-0.15, -0.1) is 0 Å². The molecule has 1 aliphatic heterocycles. The Morgan fingerprint density at radius 1 is 1.24 bits per heavy atom. The molecule has 0 bridgehead atoms. The number of fused-ring (bicyclic) bond motifs is 1. The first-order chi connectivity index (χ1) is 8.34. The van der Waals surface area contributed by atoms with Crippen LogP contribution in [0.3, 0.4) is 0 Å². The van der Waals surface area contributed by atoms with Gasteiger partial charge in [-0.2, -0.15) is 0 Å². The molecular weight excluding hydrogens is 212 g/mol. The van der Waals surface area contributed by atoms with Crippen molar-refractivity contribution < 1.29 is 4.74 Å². The normalized spacial score (nSPS) is 13.9. The fourth-order valence-electron chi connectivity index (χ4n) is 2.18. The van der Waals surface area contributed by atoms with Crippen LogP contribution in [0.4, 0.5) is 5.69 Å². The number of nitrogens with zero attached hydrogens (tertiary/aromatic N) is 1. The van der Waals surface area contributed by atoms with Gasteiger partial charge in [-0.05, 0) is 36.6 Å². The molecule has 0 saturated carbocycles. The van der Waals surface area contributed by atoms with E-state index in [0.717, 1.165) is 42.1 Å². The minimum absolute atomic E-state index is 0.725. The third-order valence-electron chi connectivity index (χ3n) is 2.99. The van der Waals surface area contributed by atoms with Crippen LogP contribution in [0.5, 0.6) is 5.75 Å². The molecule has 0 aliphatic carbocycles. The van der Waals surface area contributed by atoms with E-state index in [4.69, 9.17) is 10.5 Å². The van der Waals surface area contributed by atoms with Crippen molar-refractivity contribution in [1.82, 2.24) is 4.98 Å². The molecule has 0 radical (unpaired) electrons. The molecule has 0 spiro atoms. The van der Waals surface area contributed by atoms with E-state index in [9.17, 15) is 0 Å². The van der Waals surface area contributed by atoms with Crippen LogP contribution < -0.4 is 10.5 Å². The number of nitrogen functional groups attached to an aromatic ring is 1. The summed E-state index contributed by atoms with van der Waals surface area (Å²) in [6.07, 6.45) is 3.89. The number of benzene rings is 1. The number of anilines is 1. The van der Waals surface area contributed by atoms with Crippen molar-refractivity contribution in [3.63, 3.8) is 0 Å². The first-order valence-corrected chi connectivity index (χ1v) is 5.81. The van der Waals surface area contributed by atoms with Gasteiger partial charge in [0.05, 0.1) is 12.3 Å². The van der Waals surface area contributed by atoms with Gasteiger partial charge in [-0.25, -0.2) is 0 Å². The average molecular weight is 226 g/mol. The second-order valence-corrected chi connectivity index (χ2v) is 4.22. The lowest BCUT2D eigenvalue weighted by atomic mass is 10.0. The van der Waals surface area contributed by atoms with Crippen molar-refractivity contribution in [2.45, 2.75) is 12.8 Å². The van der Waals surface area contributed by atoms with Crippen LogP contribution in [0.25, 0.3) is 11.3 Å². The highest BCUT2D eigenvalue weighted by molar-refractivity contribution is 5.71. The van der Waals surface area contributed by atoms with E-state index in [1.807, 2.05) is 18.2 Å². The van der Waals surface area contributed by atoms with E-state index < -0.39 is 0 Å². The number of rotatable bonds is 1. The number of nitrogens with two attached hydrogens (primary N) is 1. The molecular formula is C14H14N2O. The Labute approximate surface area is 100 Å². The van der Waals surface area contributed by atoms with Crippen molar-refractivity contribution in [2.75, 3.05) is 12.3 Å². The summed E-state index contributed by atoms with van der Waals surface area (Å²) in [5.74, 6) is 0.969. The zero-order valence-electron chi connectivity index (χ0n) is 9.52. The first-order valence-electron chi connectivity index (χ1n) is 5.81. The van der Waals surface area contributed by atoms with Gasteiger partial charge >= 0.3 is 0 Å². The molecule has 3 rings (SSSR count). The van der Waals surface area contributed by atoms with Crippen LogP contribution in [-0.2, 0) is 6.42 Å². The molecule has 0 amide bonds. The zero-order valence-corrected chi connectivity index (χ0v) is 9.52. The Morgan fingerprint density at radius 3 is 3.06 bits per heavy atom. The van der Waals surface area contributed by atoms with Crippen LogP contribution in [-0.4, -0.2) is 11.6 Å². The van der Waals surface area contributed by atoms with E-state index in [1.165, 1.54) is 5.56 Å². The van der Waals surface area contributed by atoms with Crippen LogP contribution in [0.2, 0.25) is 0 Å².